The first kappa shape index (κ1) is 14.9. The number of likely N-dealkylation sites (tertiary alicyclic amines) is 1. The third kappa shape index (κ3) is 2.95. The van der Waals surface area contributed by atoms with Gasteiger partial charge in [-0.05, 0) is 60.9 Å². The Bertz CT molecular complexity index is 512. The average Bonchev–Trinajstić information content (AvgIpc) is 2.46. The molecule has 1 aromatic rings. The number of aliphatic hydroxyl groups excluding tert-OH is 1. The third-order valence-corrected chi connectivity index (χ3v) is 5.14. The summed E-state index contributed by atoms with van der Waals surface area (Å²) in [7, 11) is 1.69. The van der Waals surface area contributed by atoms with Gasteiger partial charge in [-0.2, -0.15) is 0 Å². The number of ether oxygens (including phenoxy) is 1. The van der Waals surface area contributed by atoms with Crippen molar-refractivity contribution in [2.45, 2.75) is 51.7 Å². The summed E-state index contributed by atoms with van der Waals surface area (Å²) in [5.41, 5.74) is 2.71. The van der Waals surface area contributed by atoms with Crippen molar-refractivity contribution in [1.29, 1.82) is 0 Å². The van der Waals surface area contributed by atoms with Crippen LogP contribution in [0, 0.1) is 5.41 Å². The van der Waals surface area contributed by atoms with Crippen molar-refractivity contribution in [3.63, 3.8) is 0 Å². The molecule has 116 valence electrons. The number of methoxy groups -OCH3 is 1. The summed E-state index contributed by atoms with van der Waals surface area (Å²) in [5.74, 6) is 0.888. The van der Waals surface area contributed by atoms with Crippen molar-refractivity contribution in [2.75, 3.05) is 20.2 Å². The number of aryl methyl sites for hydroxylation is 1. The second-order valence-corrected chi connectivity index (χ2v) is 7.35. The molecule has 2 atom stereocenters. The Hall–Kier alpha value is -1.06. The van der Waals surface area contributed by atoms with Gasteiger partial charge in [-0.1, -0.05) is 19.9 Å². The average molecular weight is 289 g/mol. The van der Waals surface area contributed by atoms with Gasteiger partial charge in [0.05, 0.1) is 13.2 Å². The van der Waals surface area contributed by atoms with Crippen LogP contribution in [-0.2, 0) is 6.42 Å². The lowest BCUT2D eigenvalue weighted by Crippen LogP contribution is -2.49. The molecule has 1 aliphatic carbocycles. The van der Waals surface area contributed by atoms with E-state index in [0.717, 1.165) is 37.2 Å². The highest BCUT2D eigenvalue weighted by atomic mass is 16.5. The Morgan fingerprint density at radius 1 is 1.33 bits per heavy atom. The van der Waals surface area contributed by atoms with Crippen LogP contribution in [0.1, 0.15) is 50.3 Å². The van der Waals surface area contributed by atoms with Crippen LogP contribution >= 0.6 is 0 Å². The molecule has 1 aliphatic heterocycles. The molecule has 2 aliphatic rings. The van der Waals surface area contributed by atoms with Gasteiger partial charge in [-0.25, -0.2) is 0 Å². The lowest BCUT2D eigenvalue weighted by atomic mass is 9.80. The quantitative estimate of drug-likeness (QED) is 0.907. The first-order chi connectivity index (χ1) is 10.00. The van der Waals surface area contributed by atoms with E-state index in [-0.39, 0.29) is 12.1 Å². The summed E-state index contributed by atoms with van der Waals surface area (Å²) in [6, 6.07) is 6.35. The zero-order valence-electron chi connectivity index (χ0n) is 13.4. The zero-order valence-corrected chi connectivity index (χ0v) is 13.4. The molecule has 0 bridgehead atoms. The fraction of sp³-hybridized carbons (Fsp3) is 0.667. The van der Waals surface area contributed by atoms with Crippen molar-refractivity contribution >= 4 is 0 Å². The Morgan fingerprint density at radius 3 is 2.86 bits per heavy atom. The molecule has 0 aromatic heterocycles. The maximum atomic E-state index is 10.8. The molecule has 2 unspecified atom stereocenters. The van der Waals surface area contributed by atoms with Gasteiger partial charge in [0.15, 0.2) is 0 Å². The van der Waals surface area contributed by atoms with Gasteiger partial charge >= 0.3 is 0 Å². The third-order valence-electron chi connectivity index (χ3n) is 5.14. The highest BCUT2D eigenvalue weighted by molar-refractivity contribution is 5.39. The van der Waals surface area contributed by atoms with E-state index in [1.165, 1.54) is 18.4 Å². The lowest BCUT2D eigenvalue weighted by Gasteiger charge is -2.45. The van der Waals surface area contributed by atoms with Crippen molar-refractivity contribution in [3.8, 4) is 5.75 Å². The Kier molecular flexibility index (Phi) is 3.98. The predicted octanol–water partition coefficient (Wildman–Crippen LogP) is 3.17. The van der Waals surface area contributed by atoms with E-state index >= 15 is 0 Å². The molecule has 0 spiro atoms. The van der Waals surface area contributed by atoms with Gasteiger partial charge < -0.3 is 9.84 Å². The van der Waals surface area contributed by atoms with E-state index in [2.05, 4.69) is 24.8 Å². The van der Waals surface area contributed by atoms with E-state index in [1.807, 2.05) is 12.1 Å². The molecule has 3 nitrogen and oxygen atoms in total. The highest BCUT2D eigenvalue weighted by Gasteiger charge is 2.36. The first-order valence-corrected chi connectivity index (χ1v) is 8.09. The van der Waals surface area contributed by atoms with Crippen LogP contribution in [-0.4, -0.2) is 36.2 Å². The van der Waals surface area contributed by atoms with E-state index < -0.39 is 0 Å². The number of aliphatic hydroxyl groups is 1. The van der Waals surface area contributed by atoms with Gasteiger partial charge in [0, 0.05) is 12.6 Å². The monoisotopic (exact) mass is 289 g/mol. The molecule has 21 heavy (non-hydrogen) atoms. The maximum absolute atomic E-state index is 10.8. The minimum Gasteiger partial charge on any atom is -0.497 e. The summed E-state index contributed by atoms with van der Waals surface area (Å²) in [6.07, 6.45) is 4.24. The minimum atomic E-state index is -0.367. The predicted molar refractivity (Wildman–Crippen MR) is 84.7 cm³/mol. The first-order valence-electron chi connectivity index (χ1n) is 8.09. The molecule has 0 amide bonds. The molecule has 1 fully saturated rings. The molecular weight excluding hydrogens is 262 g/mol. The molecule has 1 heterocycles. The summed E-state index contributed by atoms with van der Waals surface area (Å²) in [6.45, 7) is 6.90. The van der Waals surface area contributed by atoms with Crippen LogP contribution in [0.15, 0.2) is 18.2 Å². The van der Waals surface area contributed by atoms with Gasteiger partial charge in [-0.3, -0.25) is 4.90 Å². The molecule has 1 aromatic carbocycles. The van der Waals surface area contributed by atoms with E-state index in [4.69, 9.17) is 4.74 Å². The van der Waals surface area contributed by atoms with Gasteiger partial charge in [0.2, 0.25) is 0 Å². The molecule has 3 rings (SSSR count). The van der Waals surface area contributed by atoms with Crippen molar-refractivity contribution in [2.24, 2.45) is 5.41 Å². The summed E-state index contributed by atoms with van der Waals surface area (Å²) >= 11 is 0. The fourth-order valence-corrected chi connectivity index (χ4v) is 4.02. The standard InChI is InChI=1S/C18H27NO2/c1-18(2)9-4-10-19(12-18)16-8-5-13-11-14(21-3)6-7-15(13)17(16)20/h6-7,11,16-17,20H,4-5,8-10,12H2,1-3H3. The number of rotatable bonds is 2. The number of piperidine rings is 1. The van der Waals surface area contributed by atoms with Crippen LogP contribution in [0.3, 0.4) is 0 Å². The lowest BCUT2D eigenvalue weighted by molar-refractivity contribution is -0.00353. The van der Waals surface area contributed by atoms with Crippen LogP contribution in [0.5, 0.6) is 5.75 Å². The van der Waals surface area contributed by atoms with Crippen molar-refractivity contribution < 1.29 is 9.84 Å². The fourth-order valence-electron chi connectivity index (χ4n) is 4.02. The van der Waals surface area contributed by atoms with Crippen molar-refractivity contribution in [1.82, 2.24) is 4.90 Å². The summed E-state index contributed by atoms with van der Waals surface area (Å²) in [4.78, 5) is 2.52. The summed E-state index contributed by atoms with van der Waals surface area (Å²) < 4.78 is 5.29. The van der Waals surface area contributed by atoms with E-state index in [0.29, 0.717) is 5.41 Å². The van der Waals surface area contributed by atoms with Gasteiger partial charge in [0.1, 0.15) is 5.75 Å². The molecule has 1 saturated heterocycles. The van der Waals surface area contributed by atoms with Crippen LogP contribution in [0.4, 0.5) is 0 Å². The Morgan fingerprint density at radius 2 is 2.14 bits per heavy atom. The smallest absolute Gasteiger partial charge is 0.119 e. The summed E-state index contributed by atoms with van der Waals surface area (Å²) in [5, 5.41) is 10.8. The number of hydrogen-bond acceptors (Lipinski definition) is 3. The molecule has 1 N–H and O–H groups in total. The highest BCUT2D eigenvalue weighted by Crippen LogP contribution is 2.38. The number of benzene rings is 1. The molecule has 0 radical (unpaired) electrons. The normalized spacial score (nSPS) is 29.0. The van der Waals surface area contributed by atoms with Crippen LogP contribution in [0.2, 0.25) is 0 Å². The second kappa shape index (κ2) is 5.62. The van der Waals surface area contributed by atoms with Crippen LogP contribution in [0.25, 0.3) is 0 Å². The van der Waals surface area contributed by atoms with E-state index in [1.54, 1.807) is 7.11 Å². The van der Waals surface area contributed by atoms with Gasteiger partial charge in [-0.15, -0.1) is 0 Å². The molecule has 3 heteroatoms. The van der Waals surface area contributed by atoms with Crippen LogP contribution < -0.4 is 4.74 Å². The zero-order chi connectivity index (χ0) is 15.0. The minimum absolute atomic E-state index is 0.269. The van der Waals surface area contributed by atoms with Gasteiger partial charge in [0.25, 0.3) is 0 Å². The number of nitrogens with zero attached hydrogens (tertiary/aromatic N) is 1. The SMILES string of the molecule is COc1ccc2c(c1)CCC(N1CCCC(C)(C)C1)C2O. The van der Waals surface area contributed by atoms with Crippen molar-refractivity contribution in [3.05, 3.63) is 29.3 Å². The molecular formula is C18H27NO2. The number of fused-ring (bicyclic) bond motifs is 1. The van der Waals surface area contributed by atoms with E-state index in [9.17, 15) is 5.11 Å². The Balaban J connectivity index is 1.80. The second-order valence-electron chi connectivity index (χ2n) is 7.35. The number of hydrogen-bond donors (Lipinski definition) is 1. The maximum Gasteiger partial charge on any atom is 0.119 e. The topological polar surface area (TPSA) is 32.7 Å². The largest absolute Gasteiger partial charge is 0.497 e. The Labute approximate surface area is 127 Å². The molecule has 0 saturated carbocycles.